The van der Waals surface area contributed by atoms with E-state index >= 15 is 0 Å². The molecule has 0 unspecified atom stereocenters. The van der Waals surface area contributed by atoms with Crippen molar-refractivity contribution in [1.82, 2.24) is 10.6 Å². The number of non-ortho nitro benzene ring substituents is 1. The lowest BCUT2D eigenvalue weighted by Gasteiger charge is -2.28. The van der Waals surface area contributed by atoms with Crippen LogP contribution in [0.25, 0.3) is 0 Å². The number of rotatable bonds is 4. The molecule has 0 bridgehead atoms. The molecular weight excluding hydrogens is 372 g/mol. The van der Waals surface area contributed by atoms with E-state index in [4.69, 9.17) is 11.6 Å². The SMILES string of the molecule is CC1=C(C(=O)Nc2ccc(Cl)cc2)[C@@H](c2cccc([N+](=O)[O-])c2)NC(=O)N1. The Hall–Kier alpha value is -3.39. The van der Waals surface area contributed by atoms with Gasteiger partial charge in [0.2, 0.25) is 0 Å². The topological polar surface area (TPSA) is 113 Å². The van der Waals surface area contributed by atoms with E-state index in [9.17, 15) is 19.7 Å². The van der Waals surface area contributed by atoms with Gasteiger partial charge in [0.25, 0.3) is 11.6 Å². The molecule has 0 fully saturated rings. The molecule has 0 saturated heterocycles. The van der Waals surface area contributed by atoms with Gasteiger partial charge < -0.3 is 16.0 Å². The number of benzene rings is 2. The summed E-state index contributed by atoms with van der Waals surface area (Å²) in [4.78, 5) is 35.3. The molecule has 1 heterocycles. The van der Waals surface area contributed by atoms with Crippen molar-refractivity contribution in [2.24, 2.45) is 0 Å². The number of hydrogen-bond acceptors (Lipinski definition) is 4. The van der Waals surface area contributed by atoms with Gasteiger partial charge in [0.1, 0.15) is 0 Å². The van der Waals surface area contributed by atoms with Crippen molar-refractivity contribution in [2.45, 2.75) is 13.0 Å². The molecule has 27 heavy (non-hydrogen) atoms. The summed E-state index contributed by atoms with van der Waals surface area (Å²) in [6, 6.07) is 11.0. The van der Waals surface area contributed by atoms with Crippen LogP contribution in [0.2, 0.25) is 5.02 Å². The molecular formula is C18H15ClN4O4. The Labute approximate surface area is 159 Å². The first-order valence-corrected chi connectivity index (χ1v) is 8.32. The number of nitrogens with one attached hydrogen (secondary N) is 3. The first kappa shape index (κ1) is 18.4. The molecule has 0 aliphatic carbocycles. The van der Waals surface area contributed by atoms with Gasteiger partial charge in [-0.1, -0.05) is 23.7 Å². The molecule has 3 N–H and O–H groups in total. The van der Waals surface area contributed by atoms with E-state index in [0.29, 0.717) is 22.0 Å². The third-order valence-electron chi connectivity index (χ3n) is 4.03. The molecule has 2 aromatic carbocycles. The van der Waals surface area contributed by atoms with E-state index in [2.05, 4.69) is 16.0 Å². The van der Waals surface area contributed by atoms with E-state index in [1.54, 1.807) is 37.3 Å². The minimum absolute atomic E-state index is 0.129. The van der Waals surface area contributed by atoms with Crippen molar-refractivity contribution in [3.8, 4) is 0 Å². The molecule has 2 aromatic rings. The van der Waals surface area contributed by atoms with Crippen molar-refractivity contribution in [3.63, 3.8) is 0 Å². The Morgan fingerprint density at radius 3 is 2.59 bits per heavy atom. The van der Waals surface area contributed by atoms with Crippen LogP contribution < -0.4 is 16.0 Å². The molecule has 8 nitrogen and oxygen atoms in total. The van der Waals surface area contributed by atoms with Gasteiger partial charge in [0.05, 0.1) is 16.5 Å². The fourth-order valence-corrected chi connectivity index (χ4v) is 2.92. The van der Waals surface area contributed by atoms with E-state index < -0.39 is 22.9 Å². The fourth-order valence-electron chi connectivity index (χ4n) is 2.79. The number of halogens is 1. The van der Waals surface area contributed by atoms with Crippen LogP contribution >= 0.6 is 11.6 Å². The van der Waals surface area contributed by atoms with Gasteiger partial charge in [-0.15, -0.1) is 0 Å². The summed E-state index contributed by atoms with van der Waals surface area (Å²) in [5, 5.41) is 19.5. The maximum Gasteiger partial charge on any atom is 0.319 e. The monoisotopic (exact) mass is 386 g/mol. The number of urea groups is 1. The molecule has 0 radical (unpaired) electrons. The zero-order chi connectivity index (χ0) is 19.6. The van der Waals surface area contributed by atoms with Gasteiger partial charge in [-0.05, 0) is 36.8 Å². The van der Waals surface area contributed by atoms with Crippen molar-refractivity contribution < 1.29 is 14.5 Å². The van der Waals surface area contributed by atoms with Gasteiger partial charge in [-0.2, -0.15) is 0 Å². The van der Waals surface area contributed by atoms with Crippen LogP contribution in [0.4, 0.5) is 16.2 Å². The summed E-state index contributed by atoms with van der Waals surface area (Å²) < 4.78 is 0. The first-order valence-electron chi connectivity index (χ1n) is 7.94. The highest BCUT2D eigenvalue weighted by atomic mass is 35.5. The van der Waals surface area contributed by atoms with Gasteiger partial charge in [-0.3, -0.25) is 14.9 Å². The Kier molecular flexibility index (Phi) is 5.09. The van der Waals surface area contributed by atoms with Crippen LogP contribution in [0.15, 0.2) is 59.8 Å². The molecule has 3 amide bonds. The fraction of sp³-hybridized carbons (Fsp3) is 0.111. The highest BCUT2D eigenvalue weighted by Gasteiger charge is 2.31. The Morgan fingerprint density at radius 2 is 1.93 bits per heavy atom. The van der Waals surface area contributed by atoms with Crippen LogP contribution in [0.3, 0.4) is 0 Å². The third-order valence-corrected chi connectivity index (χ3v) is 4.28. The second kappa shape index (κ2) is 7.46. The minimum Gasteiger partial charge on any atom is -0.327 e. The van der Waals surface area contributed by atoms with Crippen LogP contribution in [-0.4, -0.2) is 16.9 Å². The maximum atomic E-state index is 12.8. The van der Waals surface area contributed by atoms with Crippen LogP contribution in [0, 0.1) is 10.1 Å². The quantitative estimate of drug-likeness (QED) is 0.551. The minimum atomic E-state index is -0.828. The lowest BCUT2D eigenvalue weighted by atomic mass is 9.94. The number of amides is 3. The Morgan fingerprint density at radius 1 is 1.22 bits per heavy atom. The smallest absolute Gasteiger partial charge is 0.319 e. The normalized spacial score (nSPS) is 16.4. The molecule has 1 atom stereocenters. The number of carbonyl (C=O) groups excluding carboxylic acids is 2. The van der Waals surface area contributed by atoms with Gasteiger partial charge in [0, 0.05) is 28.5 Å². The Bertz CT molecular complexity index is 956. The van der Waals surface area contributed by atoms with E-state index in [-0.39, 0.29) is 11.3 Å². The molecule has 0 spiro atoms. The van der Waals surface area contributed by atoms with Crippen molar-refractivity contribution in [1.29, 1.82) is 0 Å². The largest absolute Gasteiger partial charge is 0.327 e. The number of nitro groups is 1. The lowest BCUT2D eigenvalue weighted by molar-refractivity contribution is -0.384. The zero-order valence-corrected chi connectivity index (χ0v) is 14.9. The van der Waals surface area contributed by atoms with E-state index in [0.717, 1.165) is 0 Å². The van der Waals surface area contributed by atoms with Crippen LogP contribution in [0.1, 0.15) is 18.5 Å². The van der Waals surface area contributed by atoms with Crippen LogP contribution in [-0.2, 0) is 4.79 Å². The molecule has 0 aromatic heterocycles. The summed E-state index contributed by atoms with van der Waals surface area (Å²) in [6.45, 7) is 1.60. The van der Waals surface area contributed by atoms with E-state index in [1.165, 1.54) is 18.2 Å². The summed E-state index contributed by atoms with van der Waals surface area (Å²) >= 11 is 5.85. The summed E-state index contributed by atoms with van der Waals surface area (Å²) in [5.74, 6) is -0.446. The summed E-state index contributed by atoms with van der Waals surface area (Å²) in [6.07, 6.45) is 0. The molecule has 9 heteroatoms. The first-order chi connectivity index (χ1) is 12.8. The van der Waals surface area contributed by atoms with Gasteiger partial charge >= 0.3 is 6.03 Å². The zero-order valence-electron chi connectivity index (χ0n) is 14.2. The second-order valence-electron chi connectivity index (χ2n) is 5.88. The average Bonchev–Trinajstić information content (AvgIpc) is 2.63. The van der Waals surface area contributed by atoms with Crippen molar-refractivity contribution in [2.75, 3.05) is 5.32 Å². The third kappa shape index (κ3) is 4.06. The highest BCUT2D eigenvalue weighted by molar-refractivity contribution is 6.30. The van der Waals surface area contributed by atoms with Gasteiger partial charge in [-0.25, -0.2) is 4.79 Å². The standard InChI is InChI=1S/C18H15ClN4O4/c1-10-15(17(24)21-13-7-5-12(19)6-8-13)16(22-18(25)20-10)11-3-2-4-14(9-11)23(26)27/h2-9,16H,1H3,(H,21,24)(H2,20,22,25)/t16-/m1/s1. The highest BCUT2D eigenvalue weighted by Crippen LogP contribution is 2.29. The molecule has 1 aliphatic rings. The summed E-state index contributed by atoms with van der Waals surface area (Å²) in [5.41, 5.74) is 1.45. The molecule has 138 valence electrons. The van der Waals surface area contributed by atoms with E-state index in [1.807, 2.05) is 0 Å². The average molecular weight is 387 g/mol. The number of carbonyl (C=O) groups is 2. The van der Waals surface area contributed by atoms with Crippen molar-refractivity contribution in [3.05, 3.63) is 80.5 Å². The number of anilines is 1. The molecule has 1 aliphatic heterocycles. The van der Waals surface area contributed by atoms with Crippen molar-refractivity contribution >= 4 is 34.9 Å². The number of nitro benzene ring substituents is 1. The second-order valence-corrected chi connectivity index (χ2v) is 6.32. The Balaban J connectivity index is 1.96. The molecule has 0 saturated carbocycles. The molecule has 3 rings (SSSR count). The predicted octanol–water partition coefficient (Wildman–Crippen LogP) is 3.51. The summed E-state index contributed by atoms with van der Waals surface area (Å²) in [7, 11) is 0. The lowest BCUT2D eigenvalue weighted by Crippen LogP contribution is -2.46. The van der Waals surface area contributed by atoms with Crippen LogP contribution in [0.5, 0.6) is 0 Å². The number of hydrogen-bond donors (Lipinski definition) is 3. The number of nitrogens with zero attached hydrogens (tertiary/aromatic N) is 1. The van der Waals surface area contributed by atoms with Gasteiger partial charge in [0.15, 0.2) is 0 Å². The predicted molar refractivity (Wildman–Crippen MR) is 100 cm³/mol. The maximum absolute atomic E-state index is 12.8. The number of allylic oxidation sites excluding steroid dienone is 1.